The summed E-state index contributed by atoms with van der Waals surface area (Å²) in [7, 11) is 0. The Morgan fingerprint density at radius 2 is 1.37 bits per heavy atom. The van der Waals surface area contributed by atoms with Crippen LogP contribution in [-0.4, -0.2) is 50.1 Å². The molecule has 0 radical (unpaired) electrons. The molecule has 2 fully saturated rings. The number of rotatable bonds is 11. The Hall–Kier alpha value is -1.33. The number of benzene rings is 2. The molecule has 6 heteroatoms. The first-order valence-corrected chi connectivity index (χ1v) is 13.5. The summed E-state index contributed by atoms with van der Waals surface area (Å²) < 4.78 is 0. The van der Waals surface area contributed by atoms with Crippen LogP contribution in [0.2, 0.25) is 0 Å². The highest BCUT2D eigenvalue weighted by atomic mass is 35.5. The lowest BCUT2D eigenvalue weighted by atomic mass is 9.89. The van der Waals surface area contributed by atoms with Crippen LogP contribution in [-0.2, 0) is 11.2 Å². The molecule has 2 N–H and O–H groups in total. The van der Waals surface area contributed by atoms with Crippen molar-refractivity contribution in [2.75, 3.05) is 39.3 Å². The van der Waals surface area contributed by atoms with Crippen LogP contribution in [0.1, 0.15) is 63.4 Å². The Labute approximate surface area is 224 Å². The van der Waals surface area contributed by atoms with Crippen LogP contribution >= 0.6 is 24.8 Å². The topological polar surface area (TPSA) is 44.4 Å². The van der Waals surface area contributed by atoms with Gasteiger partial charge in [0.25, 0.3) is 0 Å². The van der Waals surface area contributed by atoms with E-state index in [1.165, 1.54) is 62.3 Å². The molecule has 0 unspecified atom stereocenters. The second-order valence-electron chi connectivity index (χ2n) is 10.3. The number of piperidine rings is 1. The van der Waals surface area contributed by atoms with Gasteiger partial charge in [0.05, 0.1) is 6.42 Å². The third-order valence-electron chi connectivity index (χ3n) is 7.74. The van der Waals surface area contributed by atoms with Crippen LogP contribution in [0.3, 0.4) is 0 Å². The van der Waals surface area contributed by atoms with E-state index in [0.717, 1.165) is 57.0 Å². The Morgan fingerprint density at radius 3 is 2.06 bits per heavy atom. The number of unbranched alkanes of at least 4 members (excludes halogenated alkanes) is 1. The standard InChI is InChI=1S/C29H43N3O.2ClH/c33-29(21-27-13-8-12-26-11-4-5-14-28(26)27)32-19-15-25(16-20-32)23-31-18-7-6-17-30-22-24-9-2-1-3-10-24;;/h4-5,8,11-14,24-25,30-31H,1-3,6-7,9-10,15-23H2;2*1H. The summed E-state index contributed by atoms with van der Waals surface area (Å²) in [6, 6.07) is 14.6. The molecule has 35 heavy (non-hydrogen) atoms. The van der Waals surface area contributed by atoms with Gasteiger partial charge in [0.1, 0.15) is 0 Å². The normalized spacial score (nSPS) is 17.1. The lowest BCUT2D eigenvalue weighted by Crippen LogP contribution is -2.41. The molecular weight excluding hydrogens is 477 g/mol. The predicted octanol–water partition coefficient (Wildman–Crippen LogP) is 6.00. The molecule has 4 nitrogen and oxygen atoms in total. The lowest BCUT2D eigenvalue weighted by molar-refractivity contribution is -0.131. The van der Waals surface area contributed by atoms with Crippen LogP contribution in [0.15, 0.2) is 42.5 Å². The number of amides is 1. The average molecular weight is 523 g/mol. The molecule has 0 spiro atoms. The van der Waals surface area contributed by atoms with Gasteiger partial charge in [-0.05, 0) is 92.9 Å². The summed E-state index contributed by atoms with van der Waals surface area (Å²) in [5, 5.41) is 9.76. The maximum absolute atomic E-state index is 12.9. The molecule has 1 aliphatic carbocycles. The first-order chi connectivity index (χ1) is 16.3. The number of carbonyl (C=O) groups excluding carboxylic acids is 1. The molecule has 0 aromatic heterocycles. The minimum absolute atomic E-state index is 0. The molecular formula is C29H45Cl2N3O. The third-order valence-corrected chi connectivity index (χ3v) is 7.74. The number of nitrogens with zero attached hydrogens (tertiary/aromatic N) is 1. The van der Waals surface area contributed by atoms with Crippen molar-refractivity contribution in [3.8, 4) is 0 Å². The number of hydrogen-bond acceptors (Lipinski definition) is 3. The molecule has 1 saturated carbocycles. The SMILES string of the molecule is Cl.Cl.O=C(Cc1cccc2ccccc12)N1CCC(CNCCCCNCC2CCCCC2)CC1. The molecule has 1 aliphatic heterocycles. The number of hydrogen-bond donors (Lipinski definition) is 2. The summed E-state index contributed by atoms with van der Waals surface area (Å²) in [4.78, 5) is 15.0. The van der Waals surface area contributed by atoms with Crippen molar-refractivity contribution >= 4 is 41.5 Å². The second kappa shape index (κ2) is 16.4. The zero-order chi connectivity index (χ0) is 22.7. The summed E-state index contributed by atoms with van der Waals surface area (Å²) in [6.45, 7) is 6.41. The number of nitrogens with one attached hydrogen (secondary N) is 2. The predicted molar refractivity (Wildman–Crippen MR) is 153 cm³/mol. The van der Waals surface area contributed by atoms with E-state index in [-0.39, 0.29) is 30.7 Å². The first kappa shape index (κ1) is 29.9. The molecule has 0 atom stereocenters. The van der Waals surface area contributed by atoms with Gasteiger partial charge in [0, 0.05) is 13.1 Å². The van der Waals surface area contributed by atoms with Crippen LogP contribution in [0.4, 0.5) is 0 Å². The first-order valence-electron chi connectivity index (χ1n) is 13.5. The molecule has 1 heterocycles. The van der Waals surface area contributed by atoms with Gasteiger partial charge in [-0.1, -0.05) is 61.7 Å². The van der Waals surface area contributed by atoms with E-state index < -0.39 is 0 Å². The van der Waals surface area contributed by atoms with Crippen molar-refractivity contribution in [2.45, 2.75) is 64.2 Å². The molecule has 2 aliphatic rings. The minimum atomic E-state index is 0. The number of fused-ring (bicyclic) bond motifs is 1. The summed E-state index contributed by atoms with van der Waals surface area (Å²) in [5.74, 6) is 1.91. The van der Waals surface area contributed by atoms with Crippen LogP contribution in [0.25, 0.3) is 10.8 Å². The van der Waals surface area contributed by atoms with Crippen molar-refractivity contribution in [2.24, 2.45) is 11.8 Å². The Morgan fingerprint density at radius 1 is 0.771 bits per heavy atom. The highest BCUT2D eigenvalue weighted by Gasteiger charge is 2.23. The third kappa shape index (κ3) is 9.57. The fourth-order valence-corrected chi connectivity index (χ4v) is 5.61. The number of halogens is 2. The largest absolute Gasteiger partial charge is 0.342 e. The van der Waals surface area contributed by atoms with Gasteiger partial charge < -0.3 is 15.5 Å². The Balaban J connectivity index is 0.00000216. The molecule has 0 bridgehead atoms. The van der Waals surface area contributed by atoms with E-state index in [0.29, 0.717) is 12.3 Å². The van der Waals surface area contributed by atoms with E-state index >= 15 is 0 Å². The molecule has 4 rings (SSSR count). The average Bonchev–Trinajstić information content (AvgIpc) is 2.87. The van der Waals surface area contributed by atoms with Crippen molar-refractivity contribution in [1.29, 1.82) is 0 Å². The van der Waals surface area contributed by atoms with Crippen LogP contribution < -0.4 is 10.6 Å². The van der Waals surface area contributed by atoms with Crippen molar-refractivity contribution in [1.82, 2.24) is 15.5 Å². The zero-order valence-electron chi connectivity index (χ0n) is 21.2. The van der Waals surface area contributed by atoms with E-state index in [2.05, 4.69) is 58.0 Å². The molecule has 2 aromatic carbocycles. The quantitative estimate of drug-likeness (QED) is 0.356. The minimum Gasteiger partial charge on any atom is -0.342 e. The van der Waals surface area contributed by atoms with E-state index in [9.17, 15) is 4.79 Å². The smallest absolute Gasteiger partial charge is 0.227 e. The number of carbonyl (C=O) groups is 1. The van der Waals surface area contributed by atoms with Gasteiger partial charge in [0.15, 0.2) is 0 Å². The van der Waals surface area contributed by atoms with Crippen LogP contribution in [0, 0.1) is 11.8 Å². The van der Waals surface area contributed by atoms with Gasteiger partial charge in [-0.3, -0.25) is 4.79 Å². The highest BCUT2D eigenvalue weighted by Crippen LogP contribution is 2.23. The van der Waals surface area contributed by atoms with Crippen molar-refractivity contribution in [3.05, 3.63) is 48.0 Å². The molecule has 196 valence electrons. The molecule has 1 amide bonds. The van der Waals surface area contributed by atoms with Gasteiger partial charge in [0.2, 0.25) is 5.91 Å². The Kier molecular flexibility index (Phi) is 14.0. The van der Waals surface area contributed by atoms with Crippen molar-refractivity contribution in [3.63, 3.8) is 0 Å². The second-order valence-corrected chi connectivity index (χ2v) is 10.3. The highest BCUT2D eigenvalue weighted by molar-refractivity contribution is 5.90. The monoisotopic (exact) mass is 521 g/mol. The van der Waals surface area contributed by atoms with Crippen molar-refractivity contribution < 1.29 is 4.79 Å². The van der Waals surface area contributed by atoms with Gasteiger partial charge in [-0.2, -0.15) is 0 Å². The maximum atomic E-state index is 12.9. The fourth-order valence-electron chi connectivity index (χ4n) is 5.61. The molecule has 2 aromatic rings. The zero-order valence-corrected chi connectivity index (χ0v) is 22.8. The number of likely N-dealkylation sites (tertiary alicyclic amines) is 1. The summed E-state index contributed by atoms with van der Waals surface area (Å²) in [5.41, 5.74) is 1.15. The van der Waals surface area contributed by atoms with Gasteiger partial charge >= 0.3 is 0 Å². The maximum Gasteiger partial charge on any atom is 0.227 e. The lowest BCUT2D eigenvalue weighted by Gasteiger charge is -2.32. The molecule has 1 saturated heterocycles. The Bertz CT molecular complexity index is 859. The summed E-state index contributed by atoms with van der Waals surface area (Å²) >= 11 is 0. The summed E-state index contributed by atoms with van der Waals surface area (Å²) in [6.07, 6.45) is 12.5. The fraction of sp³-hybridized carbons (Fsp3) is 0.621. The van der Waals surface area contributed by atoms with E-state index in [4.69, 9.17) is 0 Å². The van der Waals surface area contributed by atoms with Gasteiger partial charge in [-0.25, -0.2) is 0 Å². The van der Waals surface area contributed by atoms with E-state index in [1.807, 2.05) is 0 Å². The van der Waals surface area contributed by atoms with E-state index in [1.54, 1.807) is 0 Å². The van der Waals surface area contributed by atoms with Crippen LogP contribution in [0.5, 0.6) is 0 Å². The van der Waals surface area contributed by atoms with Gasteiger partial charge in [-0.15, -0.1) is 24.8 Å².